The fourth-order valence-electron chi connectivity index (χ4n) is 0.837. The zero-order chi connectivity index (χ0) is 8.48. The van der Waals surface area contributed by atoms with E-state index in [1.54, 1.807) is 19.1 Å². The van der Waals surface area contributed by atoms with E-state index in [-0.39, 0.29) is 27.9 Å². The van der Waals surface area contributed by atoms with E-state index in [0.717, 1.165) is 0 Å². The third-order valence-corrected chi connectivity index (χ3v) is 2.36. The van der Waals surface area contributed by atoms with E-state index in [1.807, 2.05) is 0 Å². The van der Waals surface area contributed by atoms with Crippen LogP contribution < -0.4 is 0 Å². The van der Waals surface area contributed by atoms with Crippen LogP contribution in [0, 0.1) is 6.92 Å². The summed E-state index contributed by atoms with van der Waals surface area (Å²) in [5, 5.41) is 0. The molecule has 1 aromatic carbocycles. The Hall–Kier alpha value is -0.104. The van der Waals surface area contributed by atoms with Crippen molar-refractivity contribution in [1.82, 2.24) is 0 Å². The molecule has 0 heterocycles. The van der Waals surface area contributed by atoms with Gasteiger partial charge in [0.05, 0.1) is 4.90 Å². The Morgan fingerprint density at radius 3 is 2.08 bits per heavy atom. The van der Waals surface area contributed by atoms with Gasteiger partial charge in [-0.25, -0.2) is 8.42 Å². The molecule has 1 aromatic rings. The van der Waals surface area contributed by atoms with E-state index >= 15 is 0 Å². The van der Waals surface area contributed by atoms with Gasteiger partial charge in [0.2, 0.25) is 0 Å². The minimum atomic E-state index is -4.28. The maximum Gasteiger partial charge on any atom is 2.00 e. The predicted octanol–water partition coefficient (Wildman–Crippen LogP) is 0.518. The third-order valence-electron chi connectivity index (χ3n) is 1.36. The molecule has 0 aromatic heterocycles. The predicted molar refractivity (Wildman–Crippen MR) is 44.9 cm³/mol. The zero-order valence-corrected chi connectivity index (χ0v) is 8.88. The Balaban J connectivity index is 0.00000121. The van der Waals surface area contributed by atoms with Crippen molar-refractivity contribution in [2.75, 3.05) is 0 Å². The minimum Gasteiger partial charge on any atom is -0.744 e. The first-order chi connectivity index (χ1) is 5.02. The molecule has 0 amide bonds. The fourth-order valence-corrected chi connectivity index (χ4v) is 1.54. The normalized spacial score (nSPS) is 10.5. The largest absolute Gasteiger partial charge is 2.00 e. The Morgan fingerprint density at radius 1 is 1.25 bits per heavy atom. The summed E-state index contributed by atoms with van der Waals surface area (Å²) in [7, 11) is -4.28. The standard InChI is InChI=1S/C7H8O3S.Mg/c1-6-4-2-3-5-7(6)11(8,9)10;/h2-5H,1H3,(H,8,9,10);/q;+2/p-1. The summed E-state index contributed by atoms with van der Waals surface area (Å²) in [5.41, 5.74) is 0.488. The number of hydrogen-bond acceptors (Lipinski definition) is 3. The average Bonchev–Trinajstić information content (AvgIpc) is 1.86. The van der Waals surface area contributed by atoms with Gasteiger partial charge in [-0.3, -0.25) is 0 Å². The summed E-state index contributed by atoms with van der Waals surface area (Å²) in [5.74, 6) is 0. The molecule has 0 aliphatic carbocycles. The van der Waals surface area contributed by atoms with Gasteiger partial charge < -0.3 is 4.55 Å². The van der Waals surface area contributed by atoms with Gasteiger partial charge in [0.15, 0.2) is 0 Å². The molecular weight excluding hydrogens is 188 g/mol. The van der Waals surface area contributed by atoms with Crippen molar-refractivity contribution < 1.29 is 13.0 Å². The van der Waals surface area contributed by atoms with Crippen LogP contribution in [0.5, 0.6) is 0 Å². The first kappa shape index (κ1) is 11.9. The molecule has 0 saturated heterocycles. The van der Waals surface area contributed by atoms with E-state index < -0.39 is 10.1 Å². The van der Waals surface area contributed by atoms with Crippen molar-refractivity contribution >= 4 is 33.2 Å². The molecule has 0 unspecified atom stereocenters. The van der Waals surface area contributed by atoms with Crippen LogP contribution >= 0.6 is 0 Å². The zero-order valence-electron chi connectivity index (χ0n) is 6.65. The molecule has 0 atom stereocenters. The fraction of sp³-hybridized carbons (Fsp3) is 0.143. The summed E-state index contributed by atoms with van der Waals surface area (Å²) in [6, 6.07) is 6.10. The Bertz CT molecular complexity index is 359. The maximum atomic E-state index is 10.5. The van der Waals surface area contributed by atoms with Crippen molar-refractivity contribution in [1.29, 1.82) is 0 Å². The molecule has 0 fully saturated rings. The van der Waals surface area contributed by atoms with Crippen molar-refractivity contribution in [3.63, 3.8) is 0 Å². The quantitative estimate of drug-likeness (QED) is 0.485. The van der Waals surface area contributed by atoms with E-state index in [1.165, 1.54) is 12.1 Å². The van der Waals surface area contributed by atoms with Gasteiger partial charge in [0.1, 0.15) is 10.1 Å². The molecule has 0 aliphatic heterocycles. The van der Waals surface area contributed by atoms with Gasteiger partial charge in [0, 0.05) is 0 Å². The Labute approximate surface area is 87.7 Å². The second kappa shape index (κ2) is 4.22. The summed E-state index contributed by atoms with van der Waals surface area (Å²) in [4.78, 5) is -0.139. The van der Waals surface area contributed by atoms with Gasteiger partial charge in [-0.2, -0.15) is 0 Å². The van der Waals surface area contributed by atoms with Crippen molar-refractivity contribution in [3.8, 4) is 0 Å². The molecule has 0 N–H and O–H groups in total. The van der Waals surface area contributed by atoms with E-state index in [2.05, 4.69) is 0 Å². The molecule has 12 heavy (non-hydrogen) atoms. The summed E-state index contributed by atoms with van der Waals surface area (Å²) in [6.07, 6.45) is 0. The average molecular weight is 196 g/mol. The van der Waals surface area contributed by atoms with E-state index in [0.29, 0.717) is 5.56 Å². The summed E-state index contributed by atoms with van der Waals surface area (Å²) < 4.78 is 31.5. The molecule has 60 valence electrons. The second-order valence-corrected chi connectivity index (χ2v) is 3.57. The monoisotopic (exact) mass is 195 g/mol. The van der Waals surface area contributed by atoms with Crippen LogP contribution in [0.3, 0.4) is 0 Å². The molecule has 0 radical (unpaired) electrons. The topological polar surface area (TPSA) is 57.2 Å². The third kappa shape index (κ3) is 2.74. The van der Waals surface area contributed by atoms with Crippen LogP contribution in [0.4, 0.5) is 0 Å². The maximum absolute atomic E-state index is 10.5. The smallest absolute Gasteiger partial charge is 0.744 e. The molecule has 0 saturated carbocycles. The molecule has 0 aliphatic rings. The van der Waals surface area contributed by atoms with Crippen molar-refractivity contribution in [3.05, 3.63) is 29.8 Å². The van der Waals surface area contributed by atoms with E-state index in [4.69, 9.17) is 0 Å². The number of hydrogen-bond donors (Lipinski definition) is 0. The minimum absolute atomic E-state index is 0. The molecule has 3 nitrogen and oxygen atoms in total. The van der Waals surface area contributed by atoms with Crippen molar-refractivity contribution in [2.45, 2.75) is 11.8 Å². The second-order valence-electron chi connectivity index (χ2n) is 2.22. The SMILES string of the molecule is Cc1ccccc1S(=O)(=O)[O-].[Mg+2]. The van der Waals surface area contributed by atoms with Crippen LogP contribution in [-0.2, 0) is 10.1 Å². The van der Waals surface area contributed by atoms with E-state index in [9.17, 15) is 13.0 Å². The van der Waals surface area contributed by atoms with Crippen LogP contribution in [-0.4, -0.2) is 36.0 Å². The number of rotatable bonds is 1. The molecule has 0 spiro atoms. The van der Waals surface area contributed by atoms with Crippen molar-refractivity contribution in [2.24, 2.45) is 0 Å². The van der Waals surface area contributed by atoms with Crippen LogP contribution in [0.25, 0.3) is 0 Å². The van der Waals surface area contributed by atoms with Gasteiger partial charge in [-0.15, -0.1) is 0 Å². The molecule has 5 heteroatoms. The summed E-state index contributed by atoms with van der Waals surface area (Å²) in [6.45, 7) is 1.59. The van der Waals surface area contributed by atoms with Gasteiger partial charge in [0.25, 0.3) is 0 Å². The van der Waals surface area contributed by atoms with Crippen LogP contribution in [0.2, 0.25) is 0 Å². The number of aryl methyl sites for hydroxylation is 1. The molecule has 1 rings (SSSR count). The van der Waals surface area contributed by atoms with Crippen LogP contribution in [0.15, 0.2) is 29.2 Å². The Kier molecular flexibility index (Phi) is 4.19. The molecular formula is C7H7MgO3S+. The first-order valence-corrected chi connectivity index (χ1v) is 4.44. The van der Waals surface area contributed by atoms with Crippen LogP contribution in [0.1, 0.15) is 5.56 Å². The Morgan fingerprint density at radius 2 is 1.75 bits per heavy atom. The molecule has 0 bridgehead atoms. The van der Waals surface area contributed by atoms with Gasteiger partial charge in [-0.1, -0.05) is 18.2 Å². The van der Waals surface area contributed by atoms with Gasteiger partial charge >= 0.3 is 23.1 Å². The first-order valence-electron chi connectivity index (χ1n) is 3.03. The van der Waals surface area contributed by atoms with Gasteiger partial charge in [-0.05, 0) is 18.6 Å². The number of benzene rings is 1. The summed E-state index contributed by atoms with van der Waals surface area (Å²) >= 11 is 0.